The highest BCUT2D eigenvalue weighted by Gasteiger charge is 2.25. The third-order valence-corrected chi connectivity index (χ3v) is 3.67. The van der Waals surface area contributed by atoms with Crippen molar-refractivity contribution in [3.05, 3.63) is 12.4 Å². The maximum Gasteiger partial charge on any atom is 0.306 e. The van der Waals surface area contributed by atoms with E-state index in [-0.39, 0.29) is 5.92 Å². The van der Waals surface area contributed by atoms with Gasteiger partial charge in [0.15, 0.2) is 0 Å². The minimum absolute atomic E-state index is 0.212. The minimum Gasteiger partial charge on any atom is -0.481 e. The lowest BCUT2D eigenvalue weighted by atomic mass is 9.97. The van der Waals surface area contributed by atoms with Crippen LogP contribution >= 0.6 is 0 Å². The van der Waals surface area contributed by atoms with Gasteiger partial charge in [0.2, 0.25) is 0 Å². The summed E-state index contributed by atoms with van der Waals surface area (Å²) in [6.45, 7) is 4.43. The maximum absolute atomic E-state index is 10.9. The molecule has 0 unspecified atom stereocenters. The van der Waals surface area contributed by atoms with Crippen LogP contribution in [0.15, 0.2) is 12.4 Å². The fourth-order valence-corrected chi connectivity index (χ4v) is 2.24. The van der Waals surface area contributed by atoms with E-state index in [1.54, 1.807) is 6.33 Å². The van der Waals surface area contributed by atoms with Gasteiger partial charge in [-0.3, -0.25) is 4.79 Å². The van der Waals surface area contributed by atoms with Gasteiger partial charge >= 0.3 is 5.97 Å². The first-order valence-electron chi connectivity index (χ1n) is 6.62. The molecule has 19 heavy (non-hydrogen) atoms. The van der Waals surface area contributed by atoms with Crippen LogP contribution in [0.1, 0.15) is 19.8 Å². The molecule has 0 bridgehead atoms. The van der Waals surface area contributed by atoms with Gasteiger partial charge in [-0.2, -0.15) is 0 Å². The van der Waals surface area contributed by atoms with Crippen molar-refractivity contribution in [3.63, 3.8) is 0 Å². The van der Waals surface area contributed by atoms with Gasteiger partial charge in [0, 0.05) is 32.7 Å². The van der Waals surface area contributed by atoms with Crippen molar-refractivity contribution in [2.24, 2.45) is 5.92 Å². The molecule has 104 valence electrons. The van der Waals surface area contributed by atoms with E-state index in [0.29, 0.717) is 12.8 Å². The molecule has 1 aromatic heterocycles. The number of hydrogen-bond acceptors (Lipinski definition) is 5. The Morgan fingerprint density at radius 3 is 2.74 bits per heavy atom. The highest BCUT2D eigenvalue weighted by molar-refractivity contribution is 5.70. The summed E-state index contributed by atoms with van der Waals surface area (Å²) in [6, 6.07) is 1.96. The molecule has 6 nitrogen and oxygen atoms in total. The first-order chi connectivity index (χ1) is 9.11. The van der Waals surface area contributed by atoms with Gasteiger partial charge in [0.25, 0.3) is 0 Å². The van der Waals surface area contributed by atoms with Crippen LogP contribution in [0.5, 0.6) is 0 Å². The fraction of sp³-hybridized carbons (Fsp3) is 0.615. The largest absolute Gasteiger partial charge is 0.481 e. The van der Waals surface area contributed by atoms with Crippen LogP contribution in [0, 0.1) is 5.92 Å². The first kappa shape index (κ1) is 13.6. The highest BCUT2D eigenvalue weighted by Crippen LogP contribution is 2.23. The maximum atomic E-state index is 10.9. The van der Waals surface area contributed by atoms with Crippen molar-refractivity contribution in [2.45, 2.75) is 19.8 Å². The van der Waals surface area contributed by atoms with E-state index >= 15 is 0 Å². The summed E-state index contributed by atoms with van der Waals surface area (Å²) in [7, 11) is 1.99. The fourth-order valence-electron chi connectivity index (χ4n) is 2.24. The summed E-state index contributed by atoms with van der Waals surface area (Å²) in [5, 5.41) is 8.99. The van der Waals surface area contributed by atoms with Gasteiger partial charge in [-0.25, -0.2) is 9.97 Å². The van der Waals surface area contributed by atoms with Crippen LogP contribution in [0.3, 0.4) is 0 Å². The summed E-state index contributed by atoms with van der Waals surface area (Å²) in [5.41, 5.74) is 0. The standard InChI is InChI=1S/C13H20N4O2/c1-3-16(2)11-8-12(15-9-14-11)17-6-4-10(5-7-17)13(18)19/h8-10H,3-7H2,1-2H3,(H,18,19). The number of carbonyl (C=O) groups is 1. The molecule has 0 amide bonds. The molecule has 0 aromatic carbocycles. The Morgan fingerprint density at radius 1 is 1.47 bits per heavy atom. The van der Waals surface area contributed by atoms with Gasteiger partial charge in [0.05, 0.1) is 5.92 Å². The van der Waals surface area contributed by atoms with Crippen LogP contribution in [-0.4, -0.2) is 47.7 Å². The molecule has 1 N–H and O–H groups in total. The Labute approximate surface area is 113 Å². The summed E-state index contributed by atoms with van der Waals surface area (Å²) >= 11 is 0. The monoisotopic (exact) mass is 264 g/mol. The molecule has 6 heteroatoms. The van der Waals surface area contributed by atoms with E-state index in [4.69, 9.17) is 5.11 Å². The minimum atomic E-state index is -0.686. The molecule has 2 rings (SSSR count). The number of hydrogen-bond donors (Lipinski definition) is 1. The van der Waals surface area contributed by atoms with Crippen molar-refractivity contribution in [3.8, 4) is 0 Å². The zero-order valence-corrected chi connectivity index (χ0v) is 11.4. The van der Waals surface area contributed by atoms with E-state index in [2.05, 4.69) is 26.7 Å². The zero-order chi connectivity index (χ0) is 13.8. The summed E-state index contributed by atoms with van der Waals surface area (Å²) in [6.07, 6.45) is 2.93. The van der Waals surface area contributed by atoms with Gasteiger partial charge in [-0.1, -0.05) is 0 Å². The Kier molecular flexibility index (Phi) is 4.19. The molecule has 0 saturated carbocycles. The predicted molar refractivity (Wildman–Crippen MR) is 73.5 cm³/mol. The predicted octanol–water partition coefficient (Wildman–Crippen LogP) is 1.23. The lowest BCUT2D eigenvalue weighted by molar-refractivity contribution is -0.142. The van der Waals surface area contributed by atoms with E-state index in [1.165, 1.54) is 0 Å². The molecule has 1 aliphatic rings. The summed E-state index contributed by atoms with van der Waals surface area (Å²) in [4.78, 5) is 23.6. The second-order valence-corrected chi connectivity index (χ2v) is 4.85. The molecule has 1 aliphatic heterocycles. The molecule has 0 spiro atoms. The van der Waals surface area contributed by atoms with Crippen molar-refractivity contribution in [1.82, 2.24) is 9.97 Å². The van der Waals surface area contributed by atoms with Crippen LogP contribution in [-0.2, 0) is 4.79 Å². The van der Waals surface area contributed by atoms with E-state index in [0.717, 1.165) is 31.3 Å². The van der Waals surface area contributed by atoms with Crippen molar-refractivity contribution >= 4 is 17.6 Å². The van der Waals surface area contributed by atoms with Crippen LogP contribution in [0.25, 0.3) is 0 Å². The number of carboxylic acids is 1. The summed E-state index contributed by atoms with van der Waals surface area (Å²) in [5.74, 6) is 0.881. The molecule has 2 heterocycles. The van der Waals surface area contributed by atoms with Crippen LogP contribution in [0.2, 0.25) is 0 Å². The van der Waals surface area contributed by atoms with Gasteiger partial charge < -0.3 is 14.9 Å². The molecule has 0 aliphatic carbocycles. The Hall–Kier alpha value is -1.85. The van der Waals surface area contributed by atoms with Crippen molar-refractivity contribution in [2.75, 3.05) is 36.5 Å². The summed E-state index contributed by atoms with van der Waals surface area (Å²) < 4.78 is 0. The van der Waals surface area contributed by atoms with Gasteiger partial charge in [-0.05, 0) is 19.8 Å². The Bertz CT molecular complexity index is 444. The van der Waals surface area contributed by atoms with Crippen LogP contribution in [0.4, 0.5) is 11.6 Å². The van der Waals surface area contributed by atoms with Crippen molar-refractivity contribution in [1.29, 1.82) is 0 Å². The lowest BCUT2D eigenvalue weighted by Crippen LogP contribution is -2.36. The third-order valence-electron chi connectivity index (χ3n) is 3.67. The zero-order valence-electron chi connectivity index (χ0n) is 11.4. The number of carboxylic acid groups (broad SMARTS) is 1. The number of nitrogens with zero attached hydrogens (tertiary/aromatic N) is 4. The molecule has 0 radical (unpaired) electrons. The van der Waals surface area contributed by atoms with Gasteiger partial charge in [-0.15, -0.1) is 0 Å². The smallest absolute Gasteiger partial charge is 0.306 e. The second-order valence-electron chi connectivity index (χ2n) is 4.85. The Balaban J connectivity index is 2.05. The third kappa shape index (κ3) is 3.13. The molecule has 1 fully saturated rings. The first-order valence-corrected chi connectivity index (χ1v) is 6.62. The molecule has 1 saturated heterocycles. The van der Waals surface area contributed by atoms with E-state index < -0.39 is 5.97 Å². The average molecular weight is 264 g/mol. The van der Waals surface area contributed by atoms with E-state index in [1.807, 2.05) is 13.1 Å². The second kappa shape index (κ2) is 5.86. The molecule has 0 atom stereocenters. The topological polar surface area (TPSA) is 69.6 Å². The quantitative estimate of drug-likeness (QED) is 0.882. The van der Waals surface area contributed by atoms with E-state index in [9.17, 15) is 4.79 Å². The van der Waals surface area contributed by atoms with Crippen molar-refractivity contribution < 1.29 is 9.90 Å². The number of piperidine rings is 1. The normalized spacial score (nSPS) is 16.4. The number of rotatable bonds is 4. The number of anilines is 2. The average Bonchev–Trinajstić information content (AvgIpc) is 2.46. The SMILES string of the molecule is CCN(C)c1cc(N2CCC(C(=O)O)CC2)ncn1. The number of aliphatic carboxylic acids is 1. The highest BCUT2D eigenvalue weighted by atomic mass is 16.4. The Morgan fingerprint density at radius 2 is 2.16 bits per heavy atom. The van der Waals surface area contributed by atoms with Gasteiger partial charge in [0.1, 0.15) is 18.0 Å². The molecular weight excluding hydrogens is 244 g/mol. The van der Waals surface area contributed by atoms with Crippen LogP contribution < -0.4 is 9.80 Å². The molecular formula is C13H20N4O2. The lowest BCUT2D eigenvalue weighted by Gasteiger charge is -2.31. The number of aromatic nitrogens is 2. The molecule has 1 aromatic rings.